The second-order valence-electron chi connectivity index (χ2n) is 5.35. The van der Waals surface area contributed by atoms with Crippen LogP contribution >= 0.6 is 11.6 Å². The molecule has 1 amide bonds. The van der Waals surface area contributed by atoms with Crippen molar-refractivity contribution in [2.45, 2.75) is 19.1 Å². The molecule has 0 saturated carbocycles. The molecular formula is C20H17ClFNO2. The van der Waals surface area contributed by atoms with Crippen LogP contribution in [0.2, 0.25) is 5.02 Å². The van der Waals surface area contributed by atoms with Crippen molar-refractivity contribution in [3.05, 3.63) is 70.5 Å². The van der Waals surface area contributed by atoms with E-state index in [-0.39, 0.29) is 6.42 Å². The highest BCUT2D eigenvalue weighted by Crippen LogP contribution is 2.21. The topological polar surface area (TPSA) is 49.3 Å². The minimum absolute atomic E-state index is 0.250. The van der Waals surface area contributed by atoms with Gasteiger partial charge in [-0.1, -0.05) is 35.9 Å². The van der Waals surface area contributed by atoms with E-state index in [9.17, 15) is 14.3 Å². The number of aliphatic hydroxyl groups excluding tert-OH is 1. The van der Waals surface area contributed by atoms with Crippen molar-refractivity contribution in [3.8, 4) is 12.3 Å². The van der Waals surface area contributed by atoms with Crippen molar-refractivity contribution >= 4 is 29.2 Å². The minimum atomic E-state index is -1.06. The number of amides is 1. The van der Waals surface area contributed by atoms with E-state index in [1.807, 2.05) is 0 Å². The lowest BCUT2D eigenvalue weighted by Crippen LogP contribution is -2.35. The summed E-state index contributed by atoms with van der Waals surface area (Å²) in [5.41, 5.74) is 1.57. The van der Waals surface area contributed by atoms with Gasteiger partial charge in [0, 0.05) is 23.4 Å². The van der Waals surface area contributed by atoms with Gasteiger partial charge < -0.3 is 10.4 Å². The molecule has 0 aliphatic heterocycles. The van der Waals surface area contributed by atoms with Gasteiger partial charge in [0.05, 0.1) is 0 Å². The molecule has 0 heterocycles. The zero-order valence-corrected chi connectivity index (χ0v) is 14.1. The van der Waals surface area contributed by atoms with Gasteiger partial charge in [0.15, 0.2) is 0 Å². The number of rotatable bonds is 6. The van der Waals surface area contributed by atoms with Gasteiger partial charge in [0.25, 0.3) is 5.91 Å². The molecule has 0 aliphatic rings. The molecule has 2 aromatic carbocycles. The Morgan fingerprint density at radius 2 is 1.88 bits per heavy atom. The summed E-state index contributed by atoms with van der Waals surface area (Å²) in [7, 11) is 0. The first-order valence-electron chi connectivity index (χ1n) is 7.65. The molecule has 0 radical (unpaired) electrons. The fourth-order valence-electron chi connectivity index (χ4n) is 2.16. The Kier molecular flexibility index (Phi) is 6.76. The summed E-state index contributed by atoms with van der Waals surface area (Å²) < 4.78 is 13.2. The first-order valence-corrected chi connectivity index (χ1v) is 8.03. The standard InChI is InChI=1S/C20H17ClFNO2/c1-2-3-4-19(24)23-20(25)18(15-7-11-17(22)12-8-15)13-14-5-9-16(21)10-6-14/h1,5-13,19,24H,3-4H2,(H,23,25)/b18-13+. The maximum Gasteiger partial charge on any atom is 0.253 e. The quantitative estimate of drug-likeness (QED) is 0.357. The van der Waals surface area contributed by atoms with Gasteiger partial charge >= 0.3 is 0 Å². The zero-order valence-electron chi connectivity index (χ0n) is 13.4. The minimum Gasteiger partial charge on any atom is -0.374 e. The van der Waals surface area contributed by atoms with Gasteiger partial charge in [-0.3, -0.25) is 4.79 Å². The lowest BCUT2D eigenvalue weighted by Gasteiger charge is -2.14. The summed E-state index contributed by atoms with van der Waals surface area (Å²) in [5.74, 6) is 1.52. The van der Waals surface area contributed by atoms with Crippen molar-refractivity contribution in [1.29, 1.82) is 0 Å². The van der Waals surface area contributed by atoms with Crippen molar-refractivity contribution in [3.63, 3.8) is 0 Å². The van der Waals surface area contributed by atoms with Crippen molar-refractivity contribution in [1.82, 2.24) is 5.32 Å². The van der Waals surface area contributed by atoms with Crippen LogP contribution < -0.4 is 5.32 Å². The number of carbonyl (C=O) groups is 1. The number of hydrogen-bond donors (Lipinski definition) is 2. The number of hydrogen-bond acceptors (Lipinski definition) is 2. The summed E-state index contributed by atoms with van der Waals surface area (Å²) in [6.45, 7) is 0. The summed E-state index contributed by atoms with van der Waals surface area (Å²) in [4.78, 5) is 12.6. The van der Waals surface area contributed by atoms with E-state index in [0.29, 0.717) is 22.6 Å². The summed E-state index contributed by atoms with van der Waals surface area (Å²) in [6, 6.07) is 12.5. The second-order valence-corrected chi connectivity index (χ2v) is 5.78. The molecule has 0 saturated heterocycles. The van der Waals surface area contributed by atoms with E-state index >= 15 is 0 Å². The molecule has 0 aliphatic carbocycles. The van der Waals surface area contributed by atoms with E-state index in [4.69, 9.17) is 18.0 Å². The van der Waals surface area contributed by atoms with E-state index in [0.717, 1.165) is 5.56 Å². The van der Waals surface area contributed by atoms with Crippen LogP contribution in [0.25, 0.3) is 11.6 Å². The van der Waals surface area contributed by atoms with Crippen LogP contribution in [0, 0.1) is 18.2 Å². The van der Waals surface area contributed by atoms with Gasteiger partial charge in [-0.05, 0) is 41.5 Å². The Bertz CT molecular complexity index is 792. The van der Waals surface area contributed by atoms with Crippen molar-refractivity contribution in [2.24, 2.45) is 0 Å². The predicted octanol–water partition coefficient (Wildman–Crippen LogP) is 3.87. The monoisotopic (exact) mass is 357 g/mol. The lowest BCUT2D eigenvalue weighted by atomic mass is 10.0. The molecule has 25 heavy (non-hydrogen) atoms. The highest BCUT2D eigenvalue weighted by molar-refractivity contribution is 6.30. The first-order chi connectivity index (χ1) is 12.0. The van der Waals surface area contributed by atoms with Crippen LogP contribution in [-0.4, -0.2) is 17.2 Å². The number of halogens is 2. The van der Waals surface area contributed by atoms with E-state index in [1.165, 1.54) is 24.3 Å². The normalized spacial score (nSPS) is 12.3. The van der Waals surface area contributed by atoms with E-state index in [1.54, 1.807) is 30.3 Å². The third-order valence-electron chi connectivity index (χ3n) is 3.44. The average Bonchev–Trinajstić information content (AvgIpc) is 2.60. The SMILES string of the molecule is C#CCCC(O)NC(=O)/C(=C/c1ccc(Cl)cc1)c1ccc(F)cc1. The molecule has 0 aromatic heterocycles. The van der Waals surface area contributed by atoms with Crippen LogP contribution in [0.15, 0.2) is 48.5 Å². The molecule has 0 fully saturated rings. The molecule has 2 rings (SSSR count). The Morgan fingerprint density at radius 3 is 2.48 bits per heavy atom. The summed E-state index contributed by atoms with van der Waals surface area (Å²) >= 11 is 5.87. The third-order valence-corrected chi connectivity index (χ3v) is 3.69. The summed E-state index contributed by atoms with van der Waals surface area (Å²) in [5, 5.41) is 12.9. The number of aliphatic hydroxyl groups is 1. The van der Waals surface area contributed by atoms with Crippen LogP contribution in [0.1, 0.15) is 24.0 Å². The molecule has 5 heteroatoms. The number of terminal acetylenes is 1. The first kappa shape index (κ1) is 18.7. The van der Waals surface area contributed by atoms with Gasteiger partial charge in [0.1, 0.15) is 12.0 Å². The Hall–Kier alpha value is -2.61. The van der Waals surface area contributed by atoms with Crippen LogP contribution in [0.4, 0.5) is 4.39 Å². The smallest absolute Gasteiger partial charge is 0.253 e. The molecule has 0 bridgehead atoms. The molecular weight excluding hydrogens is 341 g/mol. The number of nitrogens with one attached hydrogen (secondary N) is 1. The molecule has 2 N–H and O–H groups in total. The lowest BCUT2D eigenvalue weighted by molar-refractivity contribution is -0.118. The fourth-order valence-corrected chi connectivity index (χ4v) is 2.28. The Balaban J connectivity index is 2.31. The van der Waals surface area contributed by atoms with E-state index in [2.05, 4.69) is 11.2 Å². The Morgan fingerprint density at radius 1 is 1.24 bits per heavy atom. The fraction of sp³-hybridized carbons (Fsp3) is 0.150. The van der Waals surface area contributed by atoms with Crippen molar-refractivity contribution in [2.75, 3.05) is 0 Å². The van der Waals surface area contributed by atoms with Crippen LogP contribution in [0.3, 0.4) is 0 Å². The van der Waals surface area contributed by atoms with E-state index < -0.39 is 18.0 Å². The van der Waals surface area contributed by atoms with Crippen LogP contribution in [0.5, 0.6) is 0 Å². The third kappa shape index (κ3) is 5.75. The molecule has 3 nitrogen and oxygen atoms in total. The van der Waals surface area contributed by atoms with Gasteiger partial charge in [-0.15, -0.1) is 12.3 Å². The van der Waals surface area contributed by atoms with Crippen LogP contribution in [-0.2, 0) is 4.79 Å². The predicted molar refractivity (Wildman–Crippen MR) is 97.9 cm³/mol. The van der Waals surface area contributed by atoms with Gasteiger partial charge in [0.2, 0.25) is 0 Å². The maximum atomic E-state index is 13.2. The molecule has 2 aromatic rings. The molecule has 1 atom stereocenters. The molecule has 128 valence electrons. The van der Waals surface area contributed by atoms with Gasteiger partial charge in [-0.2, -0.15) is 0 Å². The maximum absolute atomic E-state index is 13.2. The average molecular weight is 358 g/mol. The highest BCUT2D eigenvalue weighted by atomic mass is 35.5. The zero-order chi connectivity index (χ0) is 18.2. The highest BCUT2D eigenvalue weighted by Gasteiger charge is 2.15. The molecule has 1 unspecified atom stereocenters. The summed E-state index contributed by atoms with van der Waals surface area (Å²) in [6.07, 6.45) is 6.33. The van der Waals surface area contributed by atoms with Gasteiger partial charge in [-0.25, -0.2) is 4.39 Å². The van der Waals surface area contributed by atoms with Crippen molar-refractivity contribution < 1.29 is 14.3 Å². The largest absolute Gasteiger partial charge is 0.374 e. The molecule has 0 spiro atoms. The second kappa shape index (κ2) is 9.03. The number of benzene rings is 2. The number of carbonyl (C=O) groups excluding carboxylic acids is 1. The Labute approximate surface area is 151 Å².